The number of benzene rings is 2. The van der Waals surface area contributed by atoms with E-state index in [0.29, 0.717) is 5.75 Å². The van der Waals surface area contributed by atoms with E-state index in [0.717, 1.165) is 18.6 Å². The highest BCUT2D eigenvalue weighted by atomic mass is 16.5. The molecule has 2 aliphatic rings. The zero-order chi connectivity index (χ0) is 19.6. The van der Waals surface area contributed by atoms with Crippen molar-refractivity contribution >= 4 is 5.97 Å². The van der Waals surface area contributed by atoms with Gasteiger partial charge in [0, 0.05) is 12.3 Å². The molecule has 1 spiro atoms. The van der Waals surface area contributed by atoms with E-state index < -0.39 is 0 Å². The normalized spacial score (nSPS) is 23.8. The van der Waals surface area contributed by atoms with Crippen LogP contribution in [-0.2, 0) is 21.0 Å². The Morgan fingerprint density at radius 2 is 1.37 bits per heavy atom. The first-order valence-electron chi connectivity index (χ1n) is 9.62. The fourth-order valence-corrected chi connectivity index (χ4v) is 5.65. The van der Waals surface area contributed by atoms with Gasteiger partial charge in [-0.15, -0.1) is 0 Å². The van der Waals surface area contributed by atoms with Crippen molar-refractivity contribution in [2.75, 3.05) is 7.11 Å². The van der Waals surface area contributed by atoms with Gasteiger partial charge in [-0.2, -0.15) is 0 Å². The summed E-state index contributed by atoms with van der Waals surface area (Å²) in [5.74, 6) is 1.26. The minimum atomic E-state index is -0.280. The van der Waals surface area contributed by atoms with E-state index in [1.807, 2.05) is 6.07 Å². The van der Waals surface area contributed by atoms with Crippen molar-refractivity contribution in [1.29, 1.82) is 0 Å². The molecule has 1 unspecified atom stereocenters. The molecule has 0 radical (unpaired) electrons. The van der Waals surface area contributed by atoms with Gasteiger partial charge in [0.2, 0.25) is 0 Å². The fraction of sp³-hybridized carbons (Fsp3) is 0.458. The lowest BCUT2D eigenvalue weighted by atomic mass is 9.72. The molecule has 4 rings (SSSR count). The number of carbonyl (C=O) groups excluding carboxylic acids is 1. The molecule has 0 amide bonds. The predicted molar refractivity (Wildman–Crippen MR) is 107 cm³/mol. The molecule has 3 nitrogen and oxygen atoms in total. The lowest BCUT2D eigenvalue weighted by molar-refractivity contribution is -0.131. The molecule has 0 saturated heterocycles. The van der Waals surface area contributed by atoms with Crippen LogP contribution in [0.3, 0.4) is 0 Å². The van der Waals surface area contributed by atoms with Crippen LogP contribution < -0.4 is 9.47 Å². The molecule has 0 heterocycles. The molecule has 2 aliphatic carbocycles. The second kappa shape index (κ2) is 5.60. The Kier molecular flexibility index (Phi) is 3.76. The van der Waals surface area contributed by atoms with Gasteiger partial charge in [0.05, 0.1) is 7.11 Å². The summed E-state index contributed by atoms with van der Waals surface area (Å²) in [6, 6.07) is 12.7. The molecule has 1 atom stereocenters. The molecule has 0 aliphatic heterocycles. The van der Waals surface area contributed by atoms with Crippen molar-refractivity contribution in [3.63, 3.8) is 0 Å². The monoisotopic (exact) mass is 364 g/mol. The largest absolute Gasteiger partial charge is 0.497 e. The summed E-state index contributed by atoms with van der Waals surface area (Å²) in [6.45, 7) is 10.7. The van der Waals surface area contributed by atoms with Crippen LogP contribution in [0.5, 0.6) is 11.5 Å². The van der Waals surface area contributed by atoms with Crippen LogP contribution in [0.2, 0.25) is 0 Å². The van der Waals surface area contributed by atoms with Crippen LogP contribution in [-0.4, -0.2) is 13.1 Å². The maximum atomic E-state index is 11.4. The minimum Gasteiger partial charge on any atom is -0.497 e. The number of rotatable bonds is 2. The molecule has 0 fully saturated rings. The summed E-state index contributed by atoms with van der Waals surface area (Å²) in [4.78, 5) is 11.4. The lowest BCUT2D eigenvalue weighted by Gasteiger charge is -2.30. The van der Waals surface area contributed by atoms with E-state index in [4.69, 9.17) is 9.47 Å². The number of methoxy groups -OCH3 is 1. The molecule has 2 aromatic carbocycles. The summed E-state index contributed by atoms with van der Waals surface area (Å²) in [5.41, 5.74) is 5.53. The third-order valence-electron chi connectivity index (χ3n) is 6.46. The van der Waals surface area contributed by atoms with Crippen LogP contribution in [0.4, 0.5) is 0 Å². The molecule has 0 bridgehead atoms. The minimum absolute atomic E-state index is 0.00621. The summed E-state index contributed by atoms with van der Waals surface area (Å²) in [6.07, 6.45) is 2.12. The molecule has 27 heavy (non-hydrogen) atoms. The fourth-order valence-electron chi connectivity index (χ4n) is 5.65. The average molecular weight is 364 g/mol. The number of ether oxygens (including phenoxy) is 2. The maximum absolute atomic E-state index is 11.4. The number of esters is 1. The molecule has 3 heteroatoms. The van der Waals surface area contributed by atoms with Crippen molar-refractivity contribution in [2.24, 2.45) is 0 Å². The first kappa shape index (κ1) is 18.1. The van der Waals surface area contributed by atoms with Gasteiger partial charge >= 0.3 is 5.97 Å². The zero-order valence-corrected chi connectivity index (χ0v) is 17.1. The van der Waals surface area contributed by atoms with E-state index in [1.165, 1.54) is 29.2 Å². The van der Waals surface area contributed by atoms with Crippen molar-refractivity contribution in [3.8, 4) is 11.5 Å². The van der Waals surface area contributed by atoms with E-state index in [1.54, 1.807) is 7.11 Å². The van der Waals surface area contributed by atoms with Crippen LogP contribution in [0.15, 0.2) is 36.4 Å². The third kappa shape index (κ3) is 2.59. The highest BCUT2D eigenvalue weighted by Crippen LogP contribution is 2.63. The van der Waals surface area contributed by atoms with Gasteiger partial charge in [0.25, 0.3) is 0 Å². The van der Waals surface area contributed by atoms with Crippen LogP contribution in [0.1, 0.15) is 69.7 Å². The topological polar surface area (TPSA) is 35.5 Å². The van der Waals surface area contributed by atoms with Gasteiger partial charge in [-0.25, -0.2) is 0 Å². The standard InChI is InChI=1S/C24H28O3/c1-15(25)27-17-8-10-19-20(12-17)23(4,5)14-24(19)13-22(2,3)18-9-7-16(26-6)11-21(18)24/h7-12H,13-14H2,1-6H3. The lowest BCUT2D eigenvalue weighted by Crippen LogP contribution is -2.26. The van der Waals surface area contributed by atoms with E-state index in [-0.39, 0.29) is 22.2 Å². The first-order chi connectivity index (χ1) is 12.6. The Balaban J connectivity index is 1.94. The van der Waals surface area contributed by atoms with Crippen LogP contribution >= 0.6 is 0 Å². The van der Waals surface area contributed by atoms with Gasteiger partial charge in [-0.05, 0) is 70.2 Å². The highest BCUT2D eigenvalue weighted by Gasteiger charge is 2.56. The van der Waals surface area contributed by atoms with Crippen molar-refractivity contribution in [2.45, 2.75) is 63.7 Å². The summed E-state index contributed by atoms with van der Waals surface area (Å²) >= 11 is 0. The van der Waals surface area contributed by atoms with Crippen LogP contribution in [0.25, 0.3) is 0 Å². The van der Waals surface area contributed by atoms with E-state index >= 15 is 0 Å². The van der Waals surface area contributed by atoms with Gasteiger partial charge < -0.3 is 9.47 Å². The zero-order valence-electron chi connectivity index (χ0n) is 17.1. The Morgan fingerprint density at radius 1 is 0.815 bits per heavy atom. The molecule has 0 N–H and O–H groups in total. The second-order valence-corrected chi connectivity index (χ2v) is 9.42. The molecule has 0 saturated carbocycles. The van der Waals surface area contributed by atoms with E-state index in [9.17, 15) is 4.79 Å². The third-order valence-corrected chi connectivity index (χ3v) is 6.46. The smallest absolute Gasteiger partial charge is 0.308 e. The number of hydrogen-bond acceptors (Lipinski definition) is 3. The Hall–Kier alpha value is -2.29. The average Bonchev–Trinajstić information content (AvgIpc) is 2.94. The van der Waals surface area contributed by atoms with Gasteiger partial charge in [-0.3, -0.25) is 4.79 Å². The maximum Gasteiger partial charge on any atom is 0.308 e. The number of carbonyl (C=O) groups is 1. The summed E-state index contributed by atoms with van der Waals surface area (Å²) < 4.78 is 10.9. The summed E-state index contributed by atoms with van der Waals surface area (Å²) in [7, 11) is 1.73. The molecular formula is C24H28O3. The number of hydrogen-bond donors (Lipinski definition) is 0. The van der Waals surface area contributed by atoms with Crippen molar-refractivity contribution in [1.82, 2.24) is 0 Å². The first-order valence-corrected chi connectivity index (χ1v) is 9.62. The molecule has 2 aromatic rings. The molecule has 142 valence electrons. The molecular weight excluding hydrogens is 336 g/mol. The van der Waals surface area contributed by atoms with E-state index in [2.05, 4.69) is 58.0 Å². The Morgan fingerprint density at radius 3 is 2.00 bits per heavy atom. The highest BCUT2D eigenvalue weighted by molar-refractivity contribution is 5.70. The Labute approximate surface area is 161 Å². The van der Waals surface area contributed by atoms with Gasteiger partial charge in [-0.1, -0.05) is 39.8 Å². The SMILES string of the molecule is COc1ccc2c(c1)C1(CC(C)(C)c3cc(OC(C)=O)ccc31)CC2(C)C. The van der Waals surface area contributed by atoms with Crippen LogP contribution in [0, 0.1) is 0 Å². The second-order valence-electron chi connectivity index (χ2n) is 9.42. The Bertz CT molecular complexity index is 939. The van der Waals surface area contributed by atoms with Crippen molar-refractivity contribution < 1.29 is 14.3 Å². The molecule has 0 aromatic heterocycles. The quantitative estimate of drug-likeness (QED) is 0.538. The van der Waals surface area contributed by atoms with Gasteiger partial charge in [0.15, 0.2) is 0 Å². The van der Waals surface area contributed by atoms with Gasteiger partial charge in [0.1, 0.15) is 11.5 Å². The summed E-state index contributed by atoms with van der Waals surface area (Å²) in [5, 5.41) is 0. The predicted octanol–water partition coefficient (Wildman–Crippen LogP) is 5.27. The number of fused-ring (bicyclic) bond motifs is 4. The van der Waals surface area contributed by atoms with Crippen molar-refractivity contribution in [3.05, 3.63) is 58.7 Å².